The van der Waals surface area contributed by atoms with E-state index in [9.17, 15) is 0 Å². The molecule has 0 radical (unpaired) electrons. The second-order valence-corrected chi connectivity index (χ2v) is 4.98. The molecule has 2 N–H and O–H groups in total. The third-order valence-electron chi connectivity index (χ3n) is 3.71. The van der Waals surface area contributed by atoms with Gasteiger partial charge in [-0.25, -0.2) is 0 Å². The van der Waals surface area contributed by atoms with Gasteiger partial charge in [0.1, 0.15) is 0 Å². The van der Waals surface area contributed by atoms with E-state index in [2.05, 4.69) is 0 Å². The molecule has 2 fully saturated rings. The summed E-state index contributed by atoms with van der Waals surface area (Å²) in [6, 6.07) is 0.175. The molecular weight excluding hydrogens is 190 g/mol. The van der Waals surface area contributed by atoms with Crippen molar-refractivity contribution in [2.24, 2.45) is 17.6 Å². The van der Waals surface area contributed by atoms with E-state index < -0.39 is 0 Å². The van der Waals surface area contributed by atoms with E-state index in [1.807, 2.05) is 0 Å². The molecule has 0 aromatic heterocycles. The Balaban J connectivity index is 1.56. The molecule has 0 aromatic rings. The van der Waals surface area contributed by atoms with Crippen LogP contribution in [0, 0.1) is 11.8 Å². The molecule has 0 spiro atoms. The highest BCUT2D eigenvalue weighted by molar-refractivity contribution is 4.76. The zero-order valence-electron chi connectivity index (χ0n) is 9.49. The molecule has 2 aliphatic rings. The fraction of sp³-hybridized carbons (Fsp3) is 1.00. The topological polar surface area (TPSA) is 44.5 Å². The predicted molar refractivity (Wildman–Crippen MR) is 59.7 cm³/mol. The molecule has 0 amide bonds. The van der Waals surface area contributed by atoms with Crippen LogP contribution in [0.1, 0.15) is 32.1 Å². The molecule has 15 heavy (non-hydrogen) atoms. The molecule has 1 heterocycles. The van der Waals surface area contributed by atoms with Crippen molar-refractivity contribution in [1.29, 1.82) is 0 Å². The van der Waals surface area contributed by atoms with Gasteiger partial charge in [0.25, 0.3) is 0 Å². The molecule has 2 atom stereocenters. The lowest BCUT2D eigenvalue weighted by atomic mass is 10.0. The van der Waals surface area contributed by atoms with Gasteiger partial charge in [-0.3, -0.25) is 0 Å². The molecule has 3 nitrogen and oxygen atoms in total. The lowest BCUT2D eigenvalue weighted by Gasteiger charge is -2.18. The number of hydrogen-bond acceptors (Lipinski definition) is 3. The van der Waals surface area contributed by atoms with Crippen LogP contribution < -0.4 is 5.73 Å². The monoisotopic (exact) mass is 213 g/mol. The maximum Gasteiger partial charge on any atom is 0.0621 e. The summed E-state index contributed by atoms with van der Waals surface area (Å²) in [7, 11) is 0. The van der Waals surface area contributed by atoms with Gasteiger partial charge in [0.05, 0.1) is 13.2 Å². The quantitative estimate of drug-likeness (QED) is 0.753. The van der Waals surface area contributed by atoms with Crippen LogP contribution in [0.15, 0.2) is 0 Å². The van der Waals surface area contributed by atoms with Gasteiger partial charge < -0.3 is 15.2 Å². The molecule has 0 aromatic carbocycles. The highest BCUT2D eigenvalue weighted by atomic mass is 16.5. The van der Waals surface area contributed by atoms with Gasteiger partial charge in [-0.2, -0.15) is 0 Å². The maximum absolute atomic E-state index is 6.06. The number of hydrogen-bond donors (Lipinski definition) is 1. The van der Waals surface area contributed by atoms with Gasteiger partial charge in [0.15, 0.2) is 0 Å². The van der Waals surface area contributed by atoms with E-state index in [0.717, 1.165) is 32.2 Å². The van der Waals surface area contributed by atoms with Crippen molar-refractivity contribution in [3.05, 3.63) is 0 Å². The minimum atomic E-state index is 0.175. The summed E-state index contributed by atoms with van der Waals surface area (Å²) >= 11 is 0. The van der Waals surface area contributed by atoms with Gasteiger partial charge in [0.2, 0.25) is 0 Å². The smallest absolute Gasteiger partial charge is 0.0621 e. The van der Waals surface area contributed by atoms with E-state index >= 15 is 0 Å². The fourth-order valence-corrected chi connectivity index (χ4v) is 2.57. The minimum Gasteiger partial charge on any atom is -0.381 e. The standard InChI is InChI=1S/C12H23NO2/c13-12(11-5-6-14-8-11)9-15-7-10-3-1-2-4-10/h10-12H,1-9,13H2. The van der Waals surface area contributed by atoms with Gasteiger partial charge in [0, 0.05) is 25.2 Å². The van der Waals surface area contributed by atoms with Crippen LogP contribution in [-0.2, 0) is 9.47 Å². The zero-order chi connectivity index (χ0) is 10.5. The Bertz CT molecular complexity index is 174. The van der Waals surface area contributed by atoms with Crippen LogP contribution in [-0.4, -0.2) is 32.5 Å². The van der Waals surface area contributed by atoms with Gasteiger partial charge >= 0.3 is 0 Å². The summed E-state index contributed by atoms with van der Waals surface area (Å²) in [6.07, 6.45) is 6.57. The average molecular weight is 213 g/mol. The number of ether oxygens (including phenoxy) is 2. The molecular formula is C12H23NO2. The second-order valence-electron chi connectivity index (χ2n) is 4.98. The van der Waals surface area contributed by atoms with Crippen LogP contribution in [0.5, 0.6) is 0 Å². The van der Waals surface area contributed by atoms with E-state index in [1.165, 1.54) is 25.7 Å². The van der Waals surface area contributed by atoms with E-state index in [-0.39, 0.29) is 6.04 Å². The highest BCUT2D eigenvalue weighted by Gasteiger charge is 2.23. The third kappa shape index (κ3) is 3.44. The molecule has 1 saturated carbocycles. The molecule has 2 unspecified atom stereocenters. The minimum absolute atomic E-state index is 0.175. The van der Waals surface area contributed by atoms with Crippen molar-refractivity contribution in [3.8, 4) is 0 Å². The van der Waals surface area contributed by atoms with Crippen molar-refractivity contribution >= 4 is 0 Å². The summed E-state index contributed by atoms with van der Waals surface area (Å²) < 4.78 is 11.0. The first-order valence-corrected chi connectivity index (χ1v) is 6.27. The fourth-order valence-electron chi connectivity index (χ4n) is 2.57. The van der Waals surface area contributed by atoms with Crippen LogP contribution in [0.4, 0.5) is 0 Å². The van der Waals surface area contributed by atoms with Gasteiger partial charge in [-0.05, 0) is 25.2 Å². The third-order valence-corrected chi connectivity index (χ3v) is 3.71. The molecule has 3 heteroatoms. The highest BCUT2D eigenvalue weighted by Crippen LogP contribution is 2.25. The Labute approximate surface area is 92.3 Å². The predicted octanol–water partition coefficient (Wildman–Crippen LogP) is 1.56. The Morgan fingerprint density at radius 1 is 1.27 bits per heavy atom. The van der Waals surface area contributed by atoms with Crippen molar-refractivity contribution in [3.63, 3.8) is 0 Å². The number of nitrogens with two attached hydrogens (primary N) is 1. The average Bonchev–Trinajstić information content (AvgIpc) is 2.90. The van der Waals surface area contributed by atoms with E-state index in [0.29, 0.717) is 12.5 Å². The zero-order valence-corrected chi connectivity index (χ0v) is 9.49. The SMILES string of the molecule is NC(COCC1CCCC1)C1CCOC1. The summed E-state index contributed by atoms with van der Waals surface area (Å²) in [6.45, 7) is 3.33. The molecule has 1 saturated heterocycles. The Morgan fingerprint density at radius 3 is 2.73 bits per heavy atom. The molecule has 0 bridgehead atoms. The summed E-state index contributed by atoms with van der Waals surface area (Å²) in [5.41, 5.74) is 6.06. The molecule has 1 aliphatic carbocycles. The molecule has 1 aliphatic heterocycles. The lowest BCUT2D eigenvalue weighted by Crippen LogP contribution is -2.35. The Morgan fingerprint density at radius 2 is 2.07 bits per heavy atom. The van der Waals surface area contributed by atoms with E-state index in [4.69, 9.17) is 15.2 Å². The second kappa shape index (κ2) is 5.83. The number of rotatable bonds is 5. The van der Waals surface area contributed by atoms with E-state index in [1.54, 1.807) is 0 Å². The van der Waals surface area contributed by atoms with Crippen molar-refractivity contribution < 1.29 is 9.47 Å². The summed E-state index contributed by atoms with van der Waals surface area (Å²) in [4.78, 5) is 0. The Hall–Kier alpha value is -0.120. The van der Waals surface area contributed by atoms with Crippen LogP contribution >= 0.6 is 0 Å². The largest absolute Gasteiger partial charge is 0.381 e. The molecule has 2 rings (SSSR count). The van der Waals surface area contributed by atoms with Crippen molar-refractivity contribution in [1.82, 2.24) is 0 Å². The first-order chi connectivity index (χ1) is 7.36. The first kappa shape index (κ1) is 11.4. The van der Waals surface area contributed by atoms with Crippen LogP contribution in [0.2, 0.25) is 0 Å². The normalized spacial score (nSPS) is 29.8. The van der Waals surface area contributed by atoms with Crippen LogP contribution in [0.3, 0.4) is 0 Å². The Kier molecular flexibility index (Phi) is 4.42. The molecule has 88 valence electrons. The van der Waals surface area contributed by atoms with Gasteiger partial charge in [-0.15, -0.1) is 0 Å². The van der Waals surface area contributed by atoms with Crippen LogP contribution in [0.25, 0.3) is 0 Å². The summed E-state index contributed by atoms with van der Waals surface area (Å²) in [5.74, 6) is 1.32. The summed E-state index contributed by atoms with van der Waals surface area (Å²) in [5, 5.41) is 0. The maximum atomic E-state index is 6.06. The van der Waals surface area contributed by atoms with Crippen molar-refractivity contribution in [2.45, 2.75) is 38.1 Å². The first-order valence-electron chi connectivity index (χ1n) is 6.27. The van der Waals surface area contributed by atoms with Crippen molar-refractivity contribution in [2.75, 3.05) is 26.4 Å². The lowest BCUT2D eigenvalue weighted by molar-refractivity contribution is 0.0752. The van der Waals surface area contributed by atoms with Gasteiger partial charge in [-0.1, -0.05) is 12.8 Å².